The second kappa shape index (κ2) is 10.4. The van der Waals surface area contributed by atoms with Crippen LogP contribution in [0.25, 0.3) is 5.57 Å². The number of rotatable bonds is 9. The van der Waals surface area contributed by atoms with Crippen molar-refractivity contribution in [2.45, 2.75) is 44.8 Å². The standard InChI is InChI=1S/C22H29N5O2S/c1-16(2)14-27-20(9-8-19(23)28)24-25-22(27)30-15-21(29)26-12-10-18(11-13-26)17-6-4-3-5-7-17/h3-7,10,16H,8-9,11-15H2,1-2H3,(H2,23,28). The molecule has 2 amide bonds. The molecule has 1 aliphatic rings. The van der Waals surface area contributed by atoms with Gasteiger partial charge in [0.25, 0.3) is 0 Å². The summed E-state index contributed by atoms with van der Waals surface area (Å²) in [5.74, 6) is 1.20. The highest BCUT2D eigenvalue weighted by Gasteiger charge is 2.20. The van der Waals surface area contributed by atoms with Gasteiger partial charge in [-0.1, -0.05) is 62.0 Å². The zero-order valence-corrected chi connectivity index (χ0v) is 18.4. The van der Waals surface area contributed by atoms with Crippen LogP contribution in [-0.4, -0.2) is 50.3 Å². The Balaban J connectivity index is 1.59. The second-order valence-corrected chi connectivity index (χ2v) is 8.79. The summed E-state index contributed by atoms with van der Waals surface area (Å²) in [6.45, 7) is 6.32. The quantitative estimate of drug-likeness (QED) is 0.621. The van der Waals surface area contributed by atoms with Crippen LogP contribution >= 0.6 is 11.8 Å². The molecule has 0 aliphatic carbocycles. The van der Waals surface area contributed by atoms with Gasteiger partial charge < -0.3 is 15.2 Å². The van der Waals surface area contributed by atoms with Crippen LogP contribution in [0.3, 0.4) is 0 Å². The van der Waals surface area contributed by atoms with Gasteiger partial charge in [0.2, 0.25) is 11.8 Å². The number of thioether (sulfide) groups is 1. The van der Waals surface area contributed by atoms with Crippen LogP contribution < -0.4 is 5.73 Å². The highest BCUT2D eigenvalue weighted by molar-refractivity contribution is 7.99. The van der Waals surface area contributed by atoms with Crippen molar-refractivity contribution in [3.8, 4) is 0 Å². The zero-order chi connectivity index (χ0) is 21.5. The van der Waals surface area contributed by atoms with E-state index in [4.69, 9.17) is 5.73 Å². The lowest BCUT2D eigenvalue weighted by Gasteiger charge is -2.26. The number of aromatic nitrogens is 3. The van der Waals surface area contributed by atoms with Gasteiger partial charge in [0.05, 0.1) is 5.75 Å². The molecule has 0 atom stereocenters. The highest BCUT2D eigenvalue weighted by Crippen LogP contribution is 2.24. The number of carbonyl (C=O) groups excluding carboxylic acids is 2. The van der Waals surface area contributed by atoms with E-state index in [1.54, 1.807) is 0 Å². The van der Waals surface area contributed by atoms with Crippen LogP contribution in [-0.2, 0) is 22.6 Å². The Morgan fingerprint density at radius 1 is 1.20 bits per heavy atom. The van der Waals surface area contributed by atoms with E-state index in [9.17, 15) is 9.59 Å². The maximum Gasteiger partial charge on any atom is 0.233 e. The van der Waals surface area contributed by atoms with Crippen molar-refractivity contribution in [3.05, 3.63) is 47.8 Å². The molecule has 1 aromatic heterocycles. The first-order valence-electron chi connectivity index (χ1n) is 10.3. The summed E-state index contributed by atoms with van der Waals surface area (Å²) in [6.07, 6.45) is 3.71. The fourth-order valence-electron chi connectivity index (χ4n) is 3.42. The third kappa shape index (κ3) is 5.95. The summed E-state index contributed by atoms with van der Waals surface area (Å²) in [4.78, 5) is 25.7. The number of aryl methyl sites for hydroxylation is 1. The number of amides is 2. The maximum atomic E-state index is 12.7. The highest BCUT2D eigenvalue weighted by atomic mass is 32.2. The molecule has 30 heavy (non-hydrogen) atoms. The number of hydrogen-bond acceptors (Lipinski definition) is 5. The first-order valence-corrected chi connectivity index (χ1v) is 11.3. The predicted molar refractivity (Wildman–Crippen MR) is 119 cm³/mol. The normalized spacial score (nSPS) is 14.1. The Hall–Kier alpha value is -2.61. The van der Waals surface area contributed by atoms with Crippen molar-refractivity contribution < 1.29 is 9.59 Å². The van der Waals surface area contributed by atoms with Gasteiger partial charge >= 0.3 is 0 Å². The molecule has 0 radical (unpaired) electrons. The fourth-order valence-corrected chi connectivity index (χ4v) is 4.29. The minimum absolute atomic E-state index is 0.0983. The van der Waals surface area contributed by atoms with Gasteiger partial charge in [0, 0.05) is 32.5 Å². The van der Waals surface area contributed by atoms with Gasteiger partial charge in [-0.25, -0.2) is 0 Å². The Bertz CT molecular complexity index is 908. The minimum Gasteiger partial charge on any atom is -0.370 e. The van der Waals surface area contributed by atoms with Crippen molar-refractivity contribution in [2.75, 3.05) is 18.8 Å². The molecule has 0 spiro atoms. The Morgan fingerprint density at radius 2 is 1.97 bits per heavy atom. The lowest BCUT2D eigenvalue weighted by atomic mass is 10.00. The predicted octanol–water partition coefficient (Wildman–Crippen LogP) is 2.76. The number of primary amides is 1. The van der Waals surface area contributed by atoms with E-state index in [-0.39, 0.29) is 18.2 Å². The number of carbonyl (C=O) groups is 2. The minimum atomic E-state index is -0.355. The fraction of sp³-hybridized carbons (Fsp3) is 0.455. The molecular formula is C22H29N5O2S. The van der Waals surface area contributed by atoms with Crippen molar-refractivity contribution in [3.63, 3.8) is 0 Å². The van der Waals surface area contributed by atoms with E-state index in [2.05, 4.69) is 42.3 Å². The van der Waals surface area contributed by atoms with Crippen LogP contribution in [0, 0.1) is 5.92 Å². The van der Waals surface area contributed by atoms with Crippen LogP contribution in [0.5, 0.6) is 0 Å². The number of hydrogen-bond donors (Lipinski definition) is 1. The van der Waals surface area contributed by atoms with Crippen LogP contribution in [0.1, 0.15) is 38.1 Å². The molecule has 2 heterocycles. The Kier molecular flexibility index (Phi) is 7.68. The topological polar surface area (TPSA) is 94.1 Å². The van der Waals surface area contributed by atoms with Gasteiger partial charge in [-0.3, -0.25) is 9.59 Å². The van der Waals surface area contributed by atoms with E-state index < -0.39 is 0 Å². The summed E-state index contributed by atoms with van der Waals surface area (Å²) in [5, 5.41) is 9.20. The molecule has 0 bridgehead atoms. The smallest absolute Gasteiger partial charge is 0.233 e. The van der Waals surface area contributed by atoms with E-state index >= 15 is 0 Å². The largest absolute Gasteiger partial charge is 0.370 e. The Morgan fingerprint density at radius 3 is 2.60 bits per heavy atom. The van der Waals surface area contributed by atoms with E-state index in [1.807, 2.05) is 27.7 Å². The summed E-state index contributed by atoms with van der Waals surface area (Å²) in [6, 6.07) is 10.3. The van der Waals surface area contributed by atoms with Crippen molar-refractivity contribution in [1.82, 2.24) is 19.7 Å². The molecule has 0 saturated carbocycles. The average Bonchev–Trinajstić information content (AvgIpc) is 3.12. The summed E-state index contributed by atoms with van der Waals surface area (Å²) < 4.78 is 2.01. The van der Waals surface area contributed by atoms with E-state index in [0.29, 0.717) is 29.8 Å². The van der Waals surface area contributed by atoms with Gasteiger partial charge in [-0.05, 0) is 23.5 Å². The molecule has 0 unspecified atom stereocenters. The monoisotopic (exact) mass is 427 g/mol. The summed E-state index contributed by atoms with van der Waals surface area (Å²) in [5.41, 5.74) is 7.79. The van der Waals surface area contributed by atoms with Crippen molar-refractivity contribution in [2.24, 2.45) is 11.7 Å². The van der Waals surface area contributed by atoms with Crippen LogP contribution in [0.15, 0.2) is 41.6 Å². The van der Waals surface area contributed by atoms with Crippen molar-refractivity contribution in [1.29, 1.82) is 0 Å². The number of nitrogens with zero attached hydrogens (tertiary/aromatic N) is 4. The number of benzene rings is 1. The Labute approximate surface area is 181 Å². The van der Waals surface area contributed by atoms with Crippen LogP contribution in [0.4, 0.5) is 0 Å². The average molecular weight is 428 g/mol. The SMILES string of the molecule is CC(C)Cn1c(CCC(N)=O)nnc1SCC(=O)N1CC=C(c2ccccc2)CC1. The summed E-state index contributed by atoms with van der Waals surface area (Å²) in [7, 11) is 0. The lowest BCUT2D eigenvalue weighted by molar-refractivity contribution is -0.128. The van der Waals surface area contributed by atoms with Gasteiger partial charge in [-0.15, -0.1) is 10.2 Å². The number of nitrogens with two attached hydrogens (primary N) is 1. The maximum absolute atomic E-state index is 12.7. The molecule has 0 fully saturated rings. The van der Waals surface area contributed by atoms with Crippen molar-refractivity contribution >= 4 is 29.1 Å². The molecular weight excluding hydrogens is 398 g/mol. The molecule has 8 heteroatoms. The van der Waals surface area contributed by atoms with E-state index in [1.165, 1.54) is 22.9 Å². The van der Waals surface area contributed by atoms with Crippen LogP contribution in [0.2, 0.25) is 0 Å². The molecule has 2 aromatic rings. The molecule has 1 aromatic carbocycles. The molecule has 2 N–H and O–H groups in total. The molecule has 7 nitrogen and oxygen atoms in total. The lowest BCUT2D eigenvalue weighted by Crippen LogP contribution is -2.35. The molecule has 0 saturated heterocycles. The molecule has 3 rings (SSSR count). The van der Waals surface area contributed by atoms with Gasteiger partial charge in [0.15, 0.2) is 5.16 Å². The van der Waals surface area contributed by atoms with Gasteiger partial charge in [-0.2, -0.15) is 0 Å². The van der Waals surface area contributed by atoms with E-state index in [0.717, 1.165) is 25.3 Å². The molecule has 160 valence electrons. The first-order chi connectivity index (χ1) is 14.4. The zero-order valence-electron chi connectivity index (χ0n) is 17.6. The third-order valence-electron chi connectivity index (χ3n) is 4.97. The molecule has 1 aliphatic heterocycles. The second-order valence-electron chi connectivity index (χ2n) is 7.84. The first kappa shape index (κ1) is 22.1. The van der Waals surface area contributed by atoms with Gasteiger partial charge in [0.1, 0.15) is 5.82 Å². The third-order valence-corrected chi connectivity index (χ3v) is 5.92. The summed E-state index contributed by atoms with van der Waals surface area (Å²) >= 11 is 1.40.